The number of halogens is 2. The second-order valence-corrected chi connectivity index (χ2v) is 10.6. The molecule has 1 saturated heterocycles. The third kappa shape index (κ3) is 6.75. The molecule has 2 N–H and O–H groups in total. The molecule has 0 amide bonds. The van der Waals surface area contributed by atoms with Crippen molar-refractivity contribution in [3.05, 3.63) is 93.5 Å². The maximum atomic E-state index is 11.3. The van der Waals surface area contributed by atoms with Gasteiger partial charge in [0.1, 0.15) is 12.4 Å². The molecule has 4 rings (SSSR count). The van der Waals surface area contributed by atoms with Crippen LogP contribution in [0.4, 0.5) is 5.69 Å². The minimum Gasteiger partial charge on any atom is -0.491 e. The summed E-state index contributed by atoms with van der Waals surface area (Å²) < 4.78 is 5.62. The number of aliphatic hydroxyl groups excluding tert-OH is 1. The summed E-state index contributed by atoms with van der Waals surface area (Å²) in [5.74, 6) is 0.606. The lowest BCUT2D eigenvalue weighted by Gasteiger charge is -2.45. The Labute approximate surface area is 228 Å². The molecule has 3 atom stereocenters. The summed E-state index contributed by atoms with van der Waals surface area (Å²) in [6, 6.07) is 22.6. The van der Waals surface area contributed by atoms with Gasteiger partial charge in [-0.1, -0.05) is 47.5 Å². The smallest absolute Gasteiger partial charge is 0.121 e. The van der Waals surface area contributed by atoms with Crippen LogP contribution in [0.1, 0.15) is 36.6 Å². The lowest BCUT2D eigenvalue weighted by Crippen LogP contribution is -2.52. The molecule has 0 bridgehead atoms. The Bertz CT molecular complexity index is 1240. The zero-order valence-electron chi connectivity index (χ0n) is 20.9. The zero-order chi connectivity index (χ0) is 26.6. The fourth-order valence-electron chi connectivity index (χ4n) is 4.70. The number of hydrogen-bond acceptors (Lipinski definition) is 6. The van der Waals surface area contributed by atoms with Crippen molar-refractivity contribution in [3.63, 3.8) is 0 Å². The van der Waals surface area contributed by atoms with E-state index < -0.39 is 11.7 Å². The van der Waals surface area contributed by atoms with Crippen molar-refractivity contribution in [1.82, 2.24) is 4.90 Å². The summed E-state index contributed by atoms with van der Waals surface area (Å²) in [4.78, 5) is 4.53. The molecule has 8 heteroatoms. The van der Waals surface area contributed by atoms with Gasteiger partial charge in [-0.3, -0.25) is 4.90 Å². The zero-order valence-corrected chi connectivity index (χ0v) is 22.5. The Balaban J connectivity index is 1.57. The molecule has 0 saturated carbocycles. The van der Waals surface area contributed by atoms with Crippen molar-refractivity contribution in [3.8, 4) is 11.8 Å². The summed E-state index contributed by atoms with van der Waals surface area (Å²) >= 11 is 12.9. The van der Waals surface area contributed by atoms with E-state index in [1.165, 1.54) is 0 Å². The molecular formula is C29H31Cl2N3O3. The fourth-order valence-corrected chi connectivity index (χ4v) is 5.10. The van der Waals surface area contributed by atoms with Gasteiger partial charge in [-0.2, -0.15) is 5.26 Å². The third-order valence-corrected chi connectivity index (χ3v) is 7.16. The number of nitrogens with zero attached hydrogens (tertiary/aromatic N) is 3. The molecule has 1 heterocycles. The minimum atomic E-state index is -1.08. The normalized spacial score (nSPS) is 18.6. The van der Waals surface area contributed by atoms with Crippen molar-refractivity contribution in [2.45, 2.75) is 31.6 Å². The van der Waals surface area contributed by atoms with Crippen LogP contribution < -0.4 is 9.64 Å². The van der Waals surface area contributed by atoms with Gasteiger partial charge in [0.15, 0.2) is 0 Å². The predicted octanol–water partition coefficient (Wildman–Crippen LogP) is 5.40. The second kappa shape index (κ2) is 11.7. The van der Waals surface area contributed by atoms with Gasteiger partial charge in [-0.15, -0.1) is 0 Å². The molecule has 3 aromatic carbocycles. The number of aliphatic hydroxyl groups is 2. The molecule has 1 aliphatic heterocycles. The number of piperazine rings is 1. The summed E-state index contributed by atoms with van der Waals surface area (Å²) in [5, 5.41) is 31.2. The average Bonchev–Trinajstić information content (AvgIpc) is 2.88. The van der Waals surface area contributed by atoms with E-state index in [9.17, 15) is 10.2 Å². The van der Waals surface area contributed by atoms with Crippen LogP contribution in [0.3, 0.4) is 0 Å². The van der Waals surface area contributed by atoms with E-state index in [2.05, 4.69) is 15.9 Å². The van der Waals surface area contributed by atoms with E-state index in [1.807, 2.05) is 48.5 Å². The molecule has 194 valence electrons. The van der Waals surface area contributed by atoms with Crippen molar-refractivity contribution >= 4 is 28.9 Å². The van der Waals surface area contributed by atoms with E-state index in [4.69, 9.17) is 33.2 Å². The topological polar surface area (TPSA) is 80.0 Å². The maximum absolute atomic E-state index is 11.3. The quantitative estimate of drug-likeness (QED) is 0.399. The number of rotatable bonds is 8. The molecule has 3 aromatic rings. The van der Waals surface area contributed by atoms with Crippen molar-refractivity contribution < 1.29 is 14.9 Å². The fraction of sp³-hybridized carbons (Fsp3) is 0.345. The van der Waals surface area contributed by atoms with Gasteiger partial charge in [0, 0.05) is 37.3 Å². The van der Waals surface area contributed by atoms with Gasteiger partial charge in [0.05, 0.1) is 40.1 Å². The molecule has 1 aliphatic rings. The van der Waals surface area contributed by atoms with E-state index in [-0.39, 0.29) is 12.6 Å². The van der Waals surface area contributed by atoms with Crippen molar-refractivity contribution in [1.29, 1.82) is 5.26 Å². The van der Waals surface area contributed by atoms with Gasteiger partial charge < -0.3 is 19.8 Å². The average molecular weight is 540 g/mol. The number of benzene rings is 3. The molecular weight excluding hydrogens is 509 g/mol. The van der Waals surface area contributed by atoms with Gasteiger partial charge in [-0.05, 0) is 61.4 Å². The highest BCUT2D eigenvalue weighted by Gasteiger charge is 2.34. The number of β-amino-alcohol motifs (C(OH)–C–C–N with tert-alkyl or cyclic N) is 1. The summed E-state index contributed by atoms with van der Waals surface area (Å²) in [6.45, 7) is 6.21. The largest absolute Gasteiger partial charge is 0.491 e. The van der Waals surface area contributed by atoms with Crippen LogP contribution in [0.2, 0.25) is 10.0 Å². The Morgan fingerprint density at radius 2 is 1.78 bits per heavy atom. The summed E-state index contributed by atoms with van der Waals surface area (Å²) in [6.07, 6.45) is -0.567. The predicted molar refractivity (Wildman–Crippen MR) is 147 cm³/mol. The molecule has 0 radical (unpaired) electrons. The Hall–Kier alpha value is -2.79. The first-order chi connectivity index (χ1) is 17.7. The summed E-state index contributed by atoms with van der Waals surface area (Å²) in [5.41, 5.74) is 2.24. The second-order valence-electron chi connectivity index (χ2n) is 9.73. The van der Waals surface area contributed by atoms with Gasteiger partial charge in [0.2, 0.25) is 0 Å². The Morgan fingerprint density at radius 3 is 2.41 bits per heavy atom. The first-order valence-electron chi connectivity index (χ1n) is 12.2. The molecule has 0 aromatic heterocycles. The van der Waals surface area contributed by atoms with Gasteiger partial charge in [0.25, 0.3) is 0 Å². The molecule has 1 fully saturated rings. The van der Waals surface area contributed by atoms with E-state index in [0.29, 0.717) is 41.0 Å². The highest BCUT2D eigenvalue weighted by molar-refractivity contribution is 6.33. The first-order valence-corrected chi connectivity index (χ1v) is 13.0. The van der Waals surface area contributed by atoms with Crippen molar-refractivity contribution in [2.75, 3.05) is 37.7 Å². The van der Waals surface area contributed by atoms with Crippen LogP contribution >= 0.6 is 23.2 Å². The van der Waals surface area contributed by atoms with Crippen LogP contribution in [-0.4, -0.2) is 54.0 Å². The molecule has 0 aliphatic carbocycles. The monoisotopic (exact) mass is 539 g/mol. The lowest BCUT2D eigenvalue weighted by atomic mass is 9.93. The minimum absolute atomic E-state index is 0.0236. The van der Waals surface area contributed by atoms with Gasteiger partial charge >= 0.3 is 0 Å². The standard InChI is InChI=1S/C29H31Cl2N3O3/c1-20(35)18-37-25-11-12-27(26(31)15-25)34-14-13-33(17-28(34)22-5-9-24(30)10-6-22)19-29(2,36)23-7-3-21(16-32)4-8-23/h3-12,15,20,28,35-36H,13-14,17-19H2,1-2H3/t20-,28-,29+/m0/s1. The number of hydrogen-bond donors (Lipinski definition) is 2. The number of nitriles is 1. The van der Waals surface area contributed by atoms with Crippen LogP contribution in [0.15, 0.2) is 66.7 Å². The Morgan fingerprint density at radius 1 is 1.08 bits per heavy atom. The van der Waals surface area contributed by atoms with E-state index >= 15 is 0 Å². The first kappa shape index (κ1) is 27.3. The lowest BCUT2D eigenvalue weighted by molar-refractivity contribution is 0.0103. The molecule has 0 spiro atoms. The number of ether oxygens (including phenoxy) is 1. The van der Waals surface area contributed by atoms with Crippen LogP contribution in [-0.2, 0) is 5.60 Å². The number of anilines is 1. The molecule has 6 nitrogen and oxygen atoms in total. The SMILES string of the molecule is C[C@H](O)COc1ccc(N2CCN(C[C@@](C)(O)c3ccc(C#N)cc3)C[C@H]2c2ccc(Cl)cc2)c(Cl)c1. The molecule has 0 unspecified atom stereocenters. The third-order valence-electron chi connectivity index (χ3n) is 6.61. The van der Waals surface area contributed by atoms with Crippen LogP contribution in [0.25, 0.3) is 0 Å². The Kier molecular flexibility index (Phi) is 8.63. The highest BCUT2D eigenvalue weighted by atomic mass is 35.5. The van der Waals surface area contributed by atoms with Crippen LogP contribution in [0.5, 0.6) is 5.75 Å². The highest BCUT2D eigenvalue weighted by Crippen LogP contribution is 2.38. The molecule has 37 heavy (non-hydrogen) atoms. The van der Waals surface area contributed by atoms with Gasteiger partial charge in [-0.25, -0.2) is 0 Å². The van der Waals surface area contributed by atoms with Crippen molar-refractivity contribution in [2.24, 2.45) is 0 Å². The van der Waals surface area contributed by atoms with E-state index in [1.54, 1.807) is 32.0 Å². The van der Waals surface area contributed by atoms with Crippen LogP contribution in [0, 0.1) is 11.3 Å². The summed E-state index contributed by atoms with van der Waals surface area (Å²) in [7, 11) is 0. The van der Waals surface area contributed by atoms with E-state index in [0.717, 1.165) is 23.4 Å². The maximum Gasteiger partial charge on any atom is 0.121 e.